The number of carbonyl (C=O) groups is 1. The Bertz CT molecular complexity index is 128. The summed E-state index contributed by atoms with van der Waals surface area (Å²) >= 11 is 0. The predicted molar refractivity (Wildman–Crippen MR) is 42.5 cm³/mol. The van der Waals surface area contributed by atoms with Crippen LogP contribution in [0.25, 0.3) is 0 Å². The van der Waals surface area contributed by atoms with E-state index in [0.717, 1.165) is 25.8 Å². The zero-order valence-corrected chi connectivity index (χ0v) is 6.68. The minimum Gasteiger partial charge on any atom is -0.480 e. The summed E-state index contributed by atoms with van der Waals surface area (Å²) in [5.41, 5.74) is 0. The molecule has 0 aromatic heterocycles. The van der Waals surface area contributed by atoms with Crippen molar-refractivity contribution in [2.45, 2.75) is 38.1 Å². The maximum absolute atomic E-state index is 10.6. The van der Waals surface area contributed by atoms with E-state index in [1.165, 1.54) is 12.8 Å². The largest absolute Gasteiger partial charge is 0.480 e. The number of rotatable bonds is 1. The van der Waals surface area contributed by atoms with Gasteiger partial charge in [0.1, 0.15) is 6.04 Å². The van der Waals surface area contributed by atoms with Gasteiger partial charge in [0.2, 0.25) is 0 Å². The highest BCUT2D eigenvalue weighted by molar-refractivity contribution is 5.73. The molecule has 0 amide bonds. The molecule has 1 aliphatic heterocycles. The van der Waals surface area contributed by atoms with Crippen molar-refractivity contribution in [2.75, 3.05) is 6.54 Å². The van der Waals surface area contributed by atoms with Crippen LogP contribution in [0.1, 0.15) is 32.1 Å². The summed E-state index contributed by atoms with van der Waals surface area (Å²) in [5, 5.41) is 11.7. The average Bonchev–Trinajstić information content (AvgIpc) is 1.84. The fourth-order valence-electron chi connectivity index (χ4n) is 1.42. The molecule has 0 aromatic carbocycles. The molecular weight excluding hydrogens is 142 g/mol. The second-order valence-corrected chi connectivity index (χ2v) is 3.05. The molecule has 0 aromatic rings. The Morgan fingerprint density at radius 1 is 1.27 bits per heavy atom. The van der Waals surface area contributed by atoms with E-state index in [1.807, 2.05) is 0 Å². The first-order chi connectivity index (χ1) is 5.30. The number of carboxylic acids is 1. The summed E-state index contributed by atoms with van der Waals surface area (Å²) in [7, 11) is 0. The van der Waals surface area contributed by atoms with Crippen molar-refractivity contribution in [1.82, 2.24) is 5.32 Å². The third kappa shape index (κ3) is 2.89. The lowest BCUT2D eigenvalue weighted by Crippen LogP contribution is -2.37. The molecular formula is C8H15NO2. The predicted octanol–water partition coefficient (Wildman–Crippen LogP) is 0.993. The monoisotopic (exact) mass is 157 g/mol. The average molecular weight is 157 g/mol. The molecule has 1 aliphatic rings. The molecule has 2 N–H and O–H groups in total. The Morgan fingerprint density at radius 2 is 2.00 bits per heavy atom. The molecule has 3 nitrogen and oxygen atoms in total. The second-order valence-electron chi connectivity index (χ2n) is 3.05. The molecule has 1 rings (SSSR count). The number of aliphatic carboxylic acids is 1. The maximum atomic E-state index is 10.6. The fourth-order valence-corrected chi connectivity index (χ4v) is 1.42. The Kier molecular flexibility index (Phi) is 3.36. The highest BCUT2D eigenvalue weighted by atomic mass is 16.4. The van der Waals surface area contributed by atoms with Crippen molar-refractivity contribution in [2.24, 2.45) is 0 Å². The van der Waals surface area contributed by atoms with Crippen LogP contribution < -0.4 is 5.32 Å². The number of hydrogen-bond donors (Lipinski definition) is 2. The van der Waals surface area contributed by atoms with Gasteiger partial charge in [-0.3, -0.25) is 4.79 Å². The van der Waals surface area contributed by atoms with Crippen molar-refractivity contribution in [1.29, 1.82) is 0 Å². The standard InChI is InChI=1S/C8H15NO2/c10-8(11)7-5-3-1-2-4-6-9-7/h7,9H,1-6H2,(H,10,11)/t7-/m0/s1. The Balaban J connectivity index is 2.32. The first-order valence-corrected chi connectivity index (χ1v) is 4.27. The first-order valence-electron chi connectivity index (χ1n) is 4.27. The van der Waals surface area contributed by atoms with E-state index in [1.54, 1.807) is 0 Å². The molecule has 64 valence electrons. The molecule has 0 aliphatic carbocycles. The van der Waals surface area contributed by atoms with Crippen LogP contribution in [0.15, 0.2) is 0 Å². The van der Waals surface area contributed by atoms with Crippen molar-refractivity contribution in [3.05, 3.63) is 0 Å². The Labute approximate surface area is 66.8 Å². The van der Waals surface area contributed by atoms with Crippen molar-refractivity contribution < 1.29 is 9.90 Å². The molecule has 0 saturated carbocycles. The summed E-state index contributed by atoms with van der Waals surface area (Å²) < 4.78 is 0. The van der Waals surface area contributed by atoms with Gasteiger partial charge in [0, 0.05) is 0 Å². The van der Waals surface area contributed by atoms with Gasteiger partial charge in [0.25, 0.3) is 0 Å². The van der Waals surface area contributed by atoms with Gasteiger partial charge in [-0.2, -0.15) is 0 Å². The van der Waals surface area contributed by atoms with E-state index in [4.69, 9.17) is 5.11 Å². The highest BCUT2D eigenvalue weighted by Crippen LogP contribution is 2.09. The summed E-state index contributed by atoms with van der Waals surface area (Å²) in [6.45, 7) is 0.858. The van der Waals surface area contributed by atoms with Crippen LogP contribution in [0.4, 0.5) is 0 Å². The summed E-state index contributed by atoms with van der Waals surface area (Å²) in [6.07, 6.45) is 5.37. The lowest BCUT2D eigenvalue weighted by Gasteiger charge is -2.16. The zero-order valence-electron chi connectivity index (χ0n) is 6.68. The molecule has 0 spiro atoms. The summed E-state index contributed by atoms with van der Waals surface area (Å²) in [4.78, 5) is 10.6. The minimum absolute atomic E-state index is 0.296. The molecule has 1 atom stereocenters. The van der Waals surface area contributed by atoms with E-state index < -0.39 is 5.97 Å². The third-order valence-corrected chi connectivity index (χ3v) is 2.11. The minimum atomic E-state index is -0.702. The molecule has 1 heterocycles. The molecule has 0 radical (unpaired) electrons. The highest BCUT2D eigenvalue weighted by Gasteiger charge is 2.16. The van der Waals surface area contributed by atoms with Crippen LogP contribution in [0.2, 0.25) is 0 Å². The smallest absolute Gasteiger partial charge is 0.320 e. The van der Waals surface area contributed by atoms with Crippen LogP contribution in [0.5, 0.6) is 0 Å². The van der Waals surface area contributed by atoms with Crippen LogP contribution in [0, 0.1) is 0 Å². The summed E-state index contributed by atoms with van der Waals surface area (Å²) in [5.74, 6) is -0.702. The molecule has 1 fully saturated rings. The van der Waals surface area contributed by atoms with Gasteiger partial charge < -0.3 is 10.4 Å². The summed E-state index contributed by atoms with van der Waals surface area (Å²) in [6, 6.07) is -0.296. The van der Waals surface area contributed by atoms with Crippen LogP contribution in [-0.2, 0) is 4.79 Å². The topological polar surface area (TPSA) is 49.3 Å². The molecule has 1 saturated heterocycles. The quantitative estimate of drug-likeness (QED) is 0.597. The number of carboxylic acid groups (broad SMARTS) is 1. The molecule has 11 heavy (non-hydrogen) atoms. The van der Waals surface area contributed by atoms with Gasteiger partial charge in [-0.05, 0) is 19.4 Å². The third-order valence-electron chi connectivity index (χ3n) is 2.11. The van der Waals surface area contributed by atoms with Crippen molar-refractivity contribution in [3.8, 4) is 0 Å². The van der Waals surface area contributed by atoms with Gasteiger partial charge in [-0.25, -0.2) is 0 Å². The fraction of sp³-hybridized carbons (Fsp3) is 0.875. The molecule has 3 heteroatoms. The van der Waals surface area contributed by atoms with Gasteiger partial charge in [-0.1, -0.05) is 19.3 Å². The number of nitrogens with one attached hydrogen (secondary N) is 1. The lowest BCUT2D eigenvalue weighted by molar-refractivity contribution is -0.139. The van der Waals surface area contributed by atoms with E-state index in [9.17, 15) is 4.79 Å². The van der Waals surface area contributed by atoms with E-state index in [0.29, 0.717) is 0 Å². The lowest BCUT2D eigenvalue weighted by atomic mass is 10.0. The molecule has 0 bridgehead atoms. The second kappa shape index (κ2) is 4.34. The van der Waals surface area contributed by atoms with Crippen LogP contribution in [-0.4, -0.2) is 23.7 Å². The Hall–Kier alpha value is -0.570. The SMILES string of the molecule is O=C(O)[C@@H]1CCCCCCN1. The van der Waals surface area contributed by atoms with Gasteiger partial charge in [0.05, 0.1) is 0 Å². The van der Waals surface area contributed by atoms with E-state index in [2.05, 4.69) is 5.32 Å². The number of hydrogen-bond acceptors (Lipinski definition) is 2. The zero-order chi connectivity index (χ0) is 8.10. The van der Waals surface area contributed by atoms with Crippen LogP contribution in [0.3, 0.4) is 0 Å². The van der Waals surface area contributed by atoms with Gasteiger partial charge in [-0.15, -0.1) is 0 Å². The van der Waals surface area contributed by atoms with E-state index in [-0.39, 0.29) is 6.04 Å². The molecule has 0 unspecified atom stereocenters. The van der Waals surface area contributed by atoms with E-state index >= 15 is 0 Å². The van der Waals surface area contributed by atoms with Crippen molar-refractivity contribution >= 4 is 5.97 Å². The Morgan fingerprint density at radius 3 is 2.73 bits per heavy atom. The first kappa shape index (κ1) is 8.53. The van der Waals surface area contributed by atoms with Crippen molar-refractivity contribution in [3.63, 3.8) is 0 Å². The van der Waals surface area contributed by atoms with Gasteiger partial charge in [0.15, 0.2) is 0 Å². The van der Waals surface area contributed by atoms with Crippen LogP contribution >= 0.6 is 0 Å². The normalized spacial score (nSPS) is 27.1. The maximum Gasteiger partial charge on any atom is 0.320 e. The van der Waals surface area contributed by atoms with Gasteiger partial charge >= 0.3 is 5.97 Å².